The van der Waals surface area contributed by atoms with Crippen molar-refractivity contribution in [3.8, 4) is 0 Å². The second-order valence-corrected chi connectivity index (χ2v) is 8.51. The fourth-order valence-corrected chi connectivity index (χ4v) is 3.81. The maximum atomic E-state index is 12.0. The van der Waals surface area contributed by atoms with Crippen molar-refractivity contribution in [3.05, 3.63) is 40.9 Å². The molecule has 0 aromatic heterocycles. The smallest absolute Gasteiger partial charge is 0.244 e. The molecule has 1 heterocycles. The number of benzene rings is 1. The van der Waals surface area contributed by atoms with Crippen LogP contribution < -0.4 is 5.32 Å². The van der Waals surface area contributed by atoms with Crippen LogP contribution in [0, 0.1) is 0 Å². The van der Waals surface area contributed by atoms with Gasteiger partial charge in [0.25, 0.3) is 0 Å². The van der Waals surface area contributed by atoms with E-state index in [1.807, 2.05) is 18.2 Å². The van der Waals surface area contributed by atoms with E-state index in [1.165, 1.54) is 16.6 Å². The van der Waals surface area contributed by atoms with Gasteiger partial charge in [0.05, 0.1) is 11.9 Å². The molecule has 8 heteroatoms. The molecule has 1 amide bonds. The van der Waals surface area contributed by atoms with E-state index in [9.17, 15) is 13.2 Å². The summed E-state index contributed by atoms with van der Waals surface area (Å²) in [5, 5.41) is 3.40. The SMILES string of the molecule is COC1(CNC(=O)C=Cc2ccccc2Cl)CCN(S(C)(=O)=O)CC1. The number of piperidine rings is 1. The van der Waals surface area contributed by atoms with Crippen molar-refractivity contribution in [1.29, 1.82) is 0 Å². The molecule has 1 aliphatic heterocycles. The molecule has 1 aliphatic rings. The molecular weight excluding hydrogens is 364 g/mol. The number of halogens is 1. The third-order valence-corrected chi connectivity index (χ3v) is 6.09. The molecule has 6 nitrogen and oxygen atoms in total. The minimum absolute atomic E-state index is 0.248. The Labute approximate surface area is 153 Å². The maximum Gasteiger partial charge on any atom is 0.244 e. The average molecular weight is 387 g/mol. The summed E-state index contributed by atoms with van der Waals surface area (Å²) in [5.41, 5.74) is 0.219. The van der Waals surface area contributed by atoms with E-state index < -0.39 is 15.6 Å². The van der Waals surface area contributed by atoms with Crippen molar-refractivity contribution >= 4 is 33.6 Å². The summed E-state index contributed by atoms with van der Waals surface area (Å²) in [6, 6.07) is 7.25. The predicted octanol–water partition coefficient (Wildman–Crippen LogP) is 1.91. The van der Waals surface area contributed by atoms with Crippen LogP contribution in [0.1, 0.15) is 18.4 Å². The van der Waals surface area contributed by atoms with Crippen LogP contribution in [-0.2, 0) is 19.6 Å². The second kappa shape index (κ2) is 8.31. The normalized spacial score (nSPS) is 18.4. The van der Waals surface area contributed by atoms with E-state index in [2.05, 4.69) is 5.32 Å². The monoisotopic (exact) mass is 386 g/mol. The van der Waals surface area contributed by atoms with E-state index in [1.54, 1.807) is 19.3 Å². The van der Waals surface area contributed by atoms with Gasteiger partial charge >= 0.3 is 0 Å². The Morgan fingerprint density at radius 3 is 2.56 bits per heavy atom. The van der Waals surface area contributed by atoms with E-state index in [0.717, 1.165) is 5.56 Å². The molecule has 1 N–H and O–H groups in total. The molecule has 0 radical (unpaired) electrons. The molecule has 25 heavy (non-hydrogen) atoms. The van der Waals surface area contributed by atoms with Gasteiger partial charge in [-0.25, -0.2) is 12.7 Å². The number of hydrogen-bond donors (Lipinski definition) is 1. The fourth-order valence-electron chi connectivity index (χ4n) is 2.76. The number of rotatable bonds is 6. The van der Waals surface area contributed by atoms with E-state index in [-0.39, 0.29) is 5.91 Å². The summed E-state index contributed by atoms with van der Waals surface area (Å²) in [6.07, 6.45) is 5.35. The maximum absolute atomic E-state index is 12.0. The molecule has 0 saturated carbocycles. The highest BCUT2D eigenvalue weighted by Gasteiger charge is 2.37. The molecule has 0 aliphatic carbocycles. The lowest BCUT2D eigenvalue weighted by Gasteiger charge is -2.39. The Balaban J connectivity index is 1.90. The zero-order chi connectivity index (χ0) is 18.5. The number of nitrogens with zero attached hydrogens (tertiary/aromatic N) is 1. The van der Waals surface area contributed by atoms with Crippen LogP contribution >= 0.6 is 11.6 Å². The van der Waals surface area contributed by atoms with Gasteiger partial charge in [-0.15, -0.1) is 0 Å². The summed E-state index contributed by atoms with van der Waals surface area (Å²) < 4.78 is 30.2. The van der Waals surface area contributed by atoms with Gasteiger partial charge in [-0.1, -0.05) is 29.8 Å². The summed E-state index contributed by atoms with van der Waals surface area (Å²) in [6.45, 7) is 1.10. The van der Waals surface area contributed by atoms with Crippen molar-refractivity contribution < 1.29 is 17.9 Å². The van der Waals surface area contributed by atoms with Gasteiger partial charge in [0.1, 0.15) is 0 Å². The minimum Gasteiger partial charge on any atom is -0.376 e. The third-order valence-electron chi connectivity index (χ3n) is 4.44. The fraction of sp³-hybridized carbons (Fsp3) is 0.471. The quantitative estimate of drug-likeness (QED) is 0.758. The lowest BCUT2D eigenvalue weighted by atomic mass is 9.92. The Morgan fingerprint density at radius 1 is 1.36 bits per heavy atom. The van der Waals surface area contributed by atoms with Gasteiger partial charge in [-0.05, 0) is 30.5 Å². The van der Waals surface area contributed by atoms with Crippen LogP contribution in [-0.4, -0.2) is 57.2 Å². The van der Waals surface area contributed by atoms with Gasteiger partial charge in [0.15, 0.2) is 0 Å². The number of ether oxygens (including phenoxy) is 1. The first-order chi connectivity index (χ1) is 11.8. The van der Waals surface area contributed by atoms with Crippen LogP contribution in [0.5, 0.6) is 0 Å². The first-order valence-electron chi connectivity index (χ1n) is 7.96. The van der Waals surface area contributed by atoms with Crippen molar-refractivity contribution in [2.45, 2.75) is 18.4 Å². The topological polar surface area (TPSA) is 75.7 Å². The molecule has 1 aromatic rings. The summed E-state index contributed by atoms with van der Waals surface area (Å²) in [5.74, 6) is -0.248. The molecule has 2 rings (SSSR count). The Bertz CT molecular complexity index is 741. The molecule has 138 valence electrons. The highest BCUT2D eigenvalue weighted by atomic mass is 35.5. The summed E-state index contributed by atoms with van der Waals surface area (Å²) >= 11 is 6.04. The van der Waals surface area contributed by atoms with Crippen LogP contribution in [0.4, 0.5) is 0 Å². The number of hydrogen-bond acceptors (Lipinski definition) is 4. The van der Waals surface area contributed by atoms with Crippen LogP contribution in [0.2, 0.25) is 5.02 Å². The molecule has 0 spiro atoms. The lowest BCUT2D eigenvalue weighted by Crippen LogP contribution is -2.52. The van der Waals surface area contributed by atoms with Gasteiger partial charge < -0.3 is 10.1 Å². The Hall–Kier alpha value is -1.41. The number of carbonyl (C=O) groups excluding carboxylic acids is 1. The zero-order valence-electron chi connectivity index (χ0n) is 14.4. The minimum atomic E-state index is -3.19. The number of amides is 1. The average Bonchev–Trinajstić information content (AvgIpc) is 2.59. The number of methoxy groups -OCH3 is 1. The molecule has 0 bridgehead atoms. The summed E-state index contributed by atoms with van der Waals surface area (Å²) in [4.78, 5) is 12.0. The van der Waals surface area contributed by atoms with Crippen LogP contribution in [0.3, 0.4) is 0 Å². The standard InChI is InChI=1S/C17H23ClN2O4S/c1-24-17(9-11-20(12-10-17)25(2,22)23)13-19-16(21)8-7-14-5-3-4-6-15(14)18/h3-8H,9-13H2,1-2H3,(H,19,21). The highest BCUT2D eigenvalue weighted by molar-refractivity contribution is 7.88. The first-order valence-corrected chi connectivity index (χ1v) is 10.2. The lowest BCUT2D eigenvalue weighted by molar-refractivity contribution is -0.118. The molecule has 1 fully saturated rings. The van der Waals surface area contributed by atoms with Crippen molar-refractivity contribution in [3.63, 3.8) is 0 Å². The Kier molecular flexibility index (Phi) is 6.62. The predicted molar refractivity (Wildman–Crippen MR) is 98.9 cm³/mol. The van der Waals surface area contributed by atoms with Gasteiger partial charge in [0.2, 0.25) is 15.9 Å². The zero-order valence-corrected chi connectivity index (χ0v) is 15.9. The number of sulfonamides is 1. The van der Waals surface area contributed by atoms with Crippen molar-refractivity contribution in [2.24, 2.45) is 0 Å². The van der Waals surface area contributed by atoms with Crippen molar-refractivity contribution in [2.75, 3.05) is 33.0 Å². The number of nitrogens with one attached hydrogen (secondary N) is 1. The van der Waals surface area contributed by atoms with E-state index in [4.69, 9.17) is 16.3 Å². The van der Waals surface area contributed by atoms with Gasteiger partial charge in [-0.3, -0.25) is 4.79 Å². The summed E-state index contributed by atoms with van der Waals surface area (Å²) in [7, 11) is -1.61. The molecule has 0 unspecified atom stereocenters. The van der Waals surface area contributed by atoms with E-state index >= 15 is 0 Å². The third kappa shape index (κ3) is 5.54. The van der Waals surface area contributed by atoms with Crippen LogP contribution in [0.25, 0.3) is 6.08 Å². The van der Waals surface area contributed by atoms with Crippen molar-refractivity contribution in [1.82, 2.24) is 9.62 Å². The molecular formula is C17H23ClN2O4S. The highest BCUT2D eigenvalue weighted by Crippen LogP contribution is 2.26. The number of carbonyl (C=O) groups is 1. The Morgan fingerprint density at radius 2 is 2.00 bits per heavy atom. The van der Waals surface area contributed by atoms with Gasteiger partial charge in [-0.2, -0.15) is 0 Å². The largest absolute Gasteiger partial charge is 0.376 e. The molecule has 1 saturated heterocycles. The van der Waals surface area contributed by atoms with E-state index in [0.29, 0.717) is 37.5 Å². The second-order valence-electron chi connectivity index (χ2n) is 6.12. The molecule has 1 aromatic carbocycles. The van der Waals surface area contributed by atoms with Crippen LogP contribution in [0.15, 0.2) is 30.3 Å². The first kappa shape index (κ1) is 19.9. The molecule has 0 atom stereocenters. The van der Waals surface area contributed by atoms with Gasteiger partial charge in [0, 0.05) is 37.8 Å².